The number of ether oxygens (including phenoxy) is 1. The van der Waals surface area contributed by atoms with Gasteiger partial charge < -0.3 is 14.6 Å². The maximum absolute atomic E-state index is 6.50. The van der Waals surface area contributed by atoms with Gasteiger partial charge in [-0.3, -0.25) is 10.00 Å². The van der Waals surface area contributed by atoms with E-state index in [1.807, 2.05) is 18.3 Å². The van der Waals surface area contributed by atoms with Gasteiger partial charge >= 0.3 is 0 Å². The van der Waals surface area contributed by atoms with E-state index in [4.69, 9.17) is 16.3 Å². The van der Waals surface area contributed by atoms with Crippen LogP contribution in [0.25, 0.3) is 10.9 Å². The SMILES string of the molecule is CCCOc1cn2c(n1)N(c1nnc(Nc3ccc4[nH]ncc4c3Cl)s1)CCC2. The Labute approximate surface area is 175 Å². The van der Waals surface area contributed by atoms with Gasteiger partial charge in [0, 0.05) is 18.5 Å². The molecule has 4 heterocycles. The van der Waals surface area contributed by atoms with Gasteiger partial charge in [0.15, 0.2) is 0 Å². The topological polar surface area (TPSA) is 96.8 Å². The summed E-state index contributed by atoms with van der Waals surface area (Å²) in [4.78, 5) is 6.71. The van der Waals surface area contributed by atoms with E-state index in [-0.39, 0.29) is 0 Å². The maximum atomic E-state index is 6.50. The summed E-state index contributed by atoms with van der Waals surface area (Å²) >= 11 is 7.95. The number of rotatable bonds is 6. The Hall–Kier alpha value is -2.85. The van der Waals surface area contributed by atoms with Crippen LogP contribution in [-0.2, 0) is 6.54 Å². The van der Waals surface area contributed by atoms with E-state index >= 15 is 0 Å². The minimum atomic E-state index is 0.597. The number of benzene rings is 1. The Morgan fingerprint density at radius 1 is 1.31 bits per heavy atom. The van der Waals surface area contributed by atoms with Crippen LogP contribution in [-0.4, -0.2) is 43.1 Å². The number of imidazole rings is 1. The highest BCUT2D eigenvalue weighted by Gasteiger charge is 2.25. The van der Waals surface area contributed by atoms with Crippen molar-refractivity contribution in [2.24, 2.45) is 0 Å². The number of fused-ring (bicyclic) bond motifs is 2. The van der Waals surface area contributed by atoms with Gasteiger partial charge in [-0.2, -0.15) is 10.1 Å². The maximum Gasteiger partial charge on any atom is 0.233 e. The molecule has 1 aromatic carbocycles. The molecular weight excluding hydrogens is 412 g/mol. The van der Waals surface area contributed by atoms with E-state index < -0.39 is 0 Å². The molecule has 0 saturated heterocycles. The summed E-state index contributed by atoms with van der Waals surface area (Å²) in [5.41, 5.74) is 1.65. The summed E-state index contributed by atoms with van der Waals surface area (Å²) in [6.45, 7) is 4.48. The number of aryl methyl sites for hydroxylation is 1. The van der Waals surface area contributed by atoms with Crippen molar-refractivity contribution in [3.63, 3.8) is 0 Å². The molecule has 0 fully saturated rings. The molecule has 5 rings (SSSR count). The third kappa shape index (κ3) is 3.38. The molecule has 0 amide bonds. The lowest BCUT2D eigenvalue weighted by molar-refractivity contribution is 0.306. The number of halogens is 1. The van der Waals surface area contributed by atoms with Gasteiger partial charge in [0.2, 0.25) is 22.1 Å². The molecule has 150 valence electrons. The molecule has 0 saturated carbocycles. The monoisotopic (exact) mass is 430 g/mol. The highest BCUT2D eigenvalue weighted by molar-refractivity contribution is 7.19. The van der Waals surface area contributed by atoms with E-state index in [0.29, 0.717) is 22.6 Å². The first-order valence-corrected chi connectivity index (χ1v) is 10.6. The fourth-order valence-corrected chi connectivity index (χ4v) is 4.33. The van der Waals surface area contributed by atoms with E-state index in [1.54, 1.807) is 6.20 Å². The number of hydrogen-bond acceptors (Lipinski definition) is 8. The molecule has 9 nitrogen and oxygen atoms in total. The van der Waals surface area contributed by atoms with Gasteiger partial charge in [-0.05, 0) is 25.0 Å². The first-order chi connectivity index (χ1) is 14.2. The smallest absolute Gasteiger partial charge is 0.233 e. The number of nitrogens with zero attached hydrogens (tertiary/aromatic N) is 6. The van der Waals surface area contributed by atoms with Gasteiger partial charge in [0.05, 0.1) is 35.2 Å². The van der Waals surface area contributed by atoms with Crippen molar-refractivity contribution in [1.29, 1.82) is 0 Å². The summed E-state index contributed by atoms with van der Waals surface area (Å²) in [5.74, 6) is 1.49. The van der Waals surface area contributed by atoms with Crippen LogP contribution in [0.3, 0.4) is 0 Å². The molecular formula is C18H19ClN8OS. The van der Waals surface area contributed by atoms with E-state index in [1.165, 1.54) is 11.3 Å². The molecule has 4 aromatic rings. The predicted octanol–water partition coefficient (Wildman–Crippen LogP) is 4.34. The average Bonchev–Trinajstić information content (AvgIpc) is 3.47. The third-order valence-electron chi connectivity index (χ3n) is 4.65. The first-order valence-electron chi connectivity index (χ1n) is 9.42. The van der Waals surface area contributed by atoms with Crippen LogP contribution < -0.4 is 15.0 Å². The molecule has 29 heavy (non-hydrogen) atoms. The quantitative estimate of drug-likeness (QED) is 0.469. The molecule has 11 heteroatoms. The fourth-order valence-electron chi connectivity index (χ4n) is 3.29. The van der Waals surface area contributed by atoms with Gasteiger partial charge in [-0.1, -0.05) is 29.9 Å². The van der Waals surface area contributed by atoms with E-state index in [0.717, 1.165) is 53.6 Å². The zero-order valence-corrected chi connectivity index (χ0v) is 17.3. The van der Waals surface area contributed by atoms with Crippen molar-refractivity contribution in [2.75, 3.05) is 23.4 Å². The van der Waals surface area contributed by atoms with E-state index in [2.05, 4.69) is 47.1 Å². The molecule has 0 bridgehead atoms. The second-order valence-electron chi connectivity index (χ2n) is 6.70. The van der Waals surface area contributed by atoms with Crippen LogP contribution in [0.2, 0.25) is 5.02 Å². The Morgan fingerprint density at radius 3 is 3.14 bits per heavy atom. The highest BCUT2D eigenvalue weighted by atomic mass is 35.5. The Balaban J connectivity index is 1.39. The lowest BCUT2D eigenvalue weighted by Crippen LogP contribution is -2.27. The minimum absolute atomic E-state index is 0.597. The number of anilines is 4. The van der Waals surface area contributed by atoms with Crippen molar-refractivity contribution in [3.8, 4) is 5.88 Å². The molecule has 0 unspecified atom stereocenters. The third-order valence-corrected chi connectivity index (χ3v) is 5.92. The van der Waals surface area contributed by atoms with Gasteiger partial charge in [0.25, 0.3) is 0 Å². The first kappa shape index (κ1) is 18.2. The number of aromatic amines is 1. The minimum Gasteiger partial charge on any atom is -0.477 e. The summed E-state index contributed by atoms with van der Waals surface area (Å²) in [6, 6.07) is 3.83. The van der Waals surface area contributed by atoms with Crippen molar-refractivity contribution >= 4 is 55.7 Å². The Kier molecular flexibility index (Phi) is 4.72. The normalized spacial score (nSPS) is 13.7. The van der Waals surface area contributed by atoms with Gasteiger partial charge in [-0.15, -0.1) is 10.2 Å². The summed E-state index contributed by atoms with van der Waals surface area (Å²) in [5, 5.41) is 21.8. The van der Waals surface area contributed by atoms with Gasteiger partial charge in [0.1, 0.15) is 0 Å². The molecule has 1 aliphatic rings. The summed E-state index contributed by atoms with van der Waals surface area (Å²) in [7, 11) is 0. The molecule has 0 aliphatic carbocycles. The standard InChI is InChI=1S/C18H19ClN8OS/c1-2-8-28-14-10-26-6-3-7-27(17(26)22-14)18-25-24-16(29-18)21-13-5-4-12-11(15(13)19)9-20-23-12/h4-5,9-10H,2-3,6-8H2,1H3,(H,20,23)(H,21,24). The average molecular weight is 431 g/mol. The Morgan fingerprint density at radius 2 is 2.24 bits per heavy atom. The Bertz CT molecular complexity index is 1150. The number of aromatic nitrogens is 6. The molecule has 1 aliphatic heterocycles. The van der Waals surface area contributed by atoms with E-state index in [9.17, 15) is 0 Å². The zero-order valence-electron chi connectivity index (χ0n) is 15.7. The molecule has 3 aromatic heterocycles. The van der Waals surface area contributed by atoms with Crippen LogP contribution in [0.15, 0.2) is 24.5 Å². The number of nitrogens with one attached hydrogen (secondary N) is 2. The summed E-state index contributed by atoms with van der Waals surface area (Å²) < 4.78 is 7.80. The van der Waals surface area contributed by atoms with Crippen molar-refractivity contribution in [1.82, 2.24) is 29.9 Å². The lowest BCUT2D eigenvalue weighted by Gasteiger charge is -2.25. The van der Waals surface area contributed by atoms with Crippen LogP contribution >= 0.6 is 22.9 Å². The molecule has 0 radical (unpaired) electrons. The largest absolute Gasteiger partial charge is 0.477 e. The lowest BCUT2D eigenvalue weighted by atomic mass is 10.2. The van der Waals surface area contributed by atoms with Crippen molar-refractivity contribution < 1.29 is 4.74 Å². The number of H-pyrrole nitrogens is 1. The van der Waals surface area contributed by atoms with Crippen LogP contribution in [0.1, 0.15) is 19.8 Å². The van der Waals surface area contributed by atoms with Crippen molar-refractivity contribution in [3.05, 3.63) is 29.5 Å². The molecule has 0 atom stereocenters. The van der Waals surface area contributed by atoms with Crippen LogP contribution in [0.4, 0.5) is 21.9 Å². The fraction of sp³-hybridized carbons (Fsp3) is 0.333. The molecule has 0 spiro atoms. The van der Waals surface area contributed by atoms with Crippen LogP contribution in [0.5, 0.6) is 5.88 Å². The number of hydrogen-bond donors (Lipinski definition) is 2. The summed E-state index contributed by atoms with van der Waals surface area (Å²) in [6.07, 6.45) is 5.61. The molecule has 2 N–H and O–H groups in total. The highest BCUT2D eigenvalue weighted by Crippen LogP contribution is 2.37. The van der Waals surface area contributed by atoms with Crippen molar-refractivity contribution in [2.45, 2.75) is 26.3 Å². The zero-order chi connectivity index (χ0) is 19.8. The second kappa shape index (κ2) is 7.53. The van der Waals surface area contributed by atoms with Gasteiger partial charge in [-0.25, -0.2) is 0 Å². The predicted molar refractivity (Wildman–Crippen MR) is 114 cm³/mol. The second-order valence-corrected chi connectivity index (χ2v) is 8.03. The van der Waals surface area contributed by atoms with Crippen LogP contribution in [0, 0.1) is 0 Å².